The van der Waals surface area contributed by atoms with Gasteiger partial charge in [0.15, 0.2) is 0 Å². The van der Waals surface area contributed by atoms with Crippen LogP contribution in [0.3, 0.4) is 0 Å². The number of nitrogens with zero attached hydrogens (tertiary/aromatic N) is 1. The molecule has 1 N–H and O–H groups in total. The van der Waals surface area contributed by atoms with E-state index in [2.05, 4.69) is 5.32 Å². The van der Waals surface area contributed by atoms with Gasteiger partial charge in [-0.25, -0.2) is 0 Å². The Morgan fingerprint density at radius 2 is 1.86 bits per heavy atom. The lowest BCUT2D eigenvalue weighted by Gasteiger charge is -2.19. The lowest BCUT2D eigenvalue weighted by molar-refractivity contribution is -0.134. The van der Waals surface area contributed by atoms with Gasteiger partial charge in [0.25, 0.3) is 0 Å². The van der Waals surface area contributed by atoms with Gasteiger partial charge in [-0.1, -0.05) is 24.4 Å². The fourth-order valence-corrected chi connectivity index (χ4v) is 2.78. The number of carbonyl (C=O) groups excluding carboxylic acids is 2. The molecule has 2 rings (SSSR count). The van der Waals surface area contributed by atoms with Crippen molar-refractivity contribution in [2.24, 2.45) is 5.92 Å². The lowest BCUT2D eigenvalue weighted by atomic mass is 10.0. The summed E-state index contributed by atoms with van der Waals surface area (Å²) in [5.41, 5.74) is 0.682. The van der Waals surface area contributed by atoms with E-state index in [1.807, 2.05) is 0 Å². The third kappa shape index (κ3) is 5.05. The van der Waals surface area contributed by atoms with Crippen LogP contribution in [0.2, 0.25) is 5.02 Å². The summed E-state index contributed by atoms with van der Waals surface area (Å²) >= 11 is 5.79. The van der Waals surface area contributed by atoms with E-state index in [4.69, 9.17) is 11.6 Å². The van der Waals surface area contributed by atoms with Gasteiger partial charge in [-0.2, -0.15) is 0 Å². The maximum Gasteiger partial charge on any atom is 0.243 e. The second-order valence-corrected chi connectivity index (χ2v) is 6.10. The largest absolute Gasteiger partial charge is 0.336 e. The van der Waals surface area contributed by atoms with Gasteiger partial charge in [0.05, 0.1) is 6.54 Å². The molecule has 1 fully saturated rings. The number of carbonyl (C=O) groups is 2. The zero-order valence-electron chi connectivity index (χ0n) is 12.3. The van der Waals surface area contributed by atoms with Crippen LogP contribution in [0.15, 0.2) is 24.3 Å². The van der Waals surface area contributed by atoms with Crippen LogP contribution in [0.4, 0.5) is 5.69 Å². The Hall–Kier alpha value is -1.55. The first-order valence-electron chi connectivity index (χ1n) is 7.34. The smallest absolute Gasteiger partial charge is 0.243 e. The van der Waals surface area contributed by atoms with E-state index < -0.39 is 0 Å². The number of halogens is 1. The normalized spacial score (nSPS) is 15.0. The van der Waals surface area contributed by atoms with E-state index in [9.17, 15) is 9.59 Å². The summed E-state index contributed by atoms with van der Waals surface area (Å²) in [4.78, 5) is 25.5. The van der Waals surface area contributed by atoms with Crippen molar-refractivity contribution >= 4 is 29.1 Å². The fourth-order valence-electron chi connectivity index (χ4n) is 2.65. The van der Waals surface area contributed by atoms with Gasteiger partial charge < -0.3 is 10.2 Å². The first-order chi connectivity index (χ1) is 10.0. The van der Waals surface area contributed by atoms with Gasteiger partial charge in [-0.05, 0) is 43.0 Å². The SMILES string of the molecule is CN(CC(=O)Nc1ccc(Cl)cc1)C(=O)CC1CCCC1. The van der Waals surface area contributed by atoms with E-state index in [0.717, 1.165) is 12.8 Å². The quantitative estimate of drug-likeness (QED) is 0.907. The summed E-state index contributed by atoms with van der Waals surface area (Å²) in [5, 5.41) is 3.38. The van der Waals surface area contributed by atoms with Crippen LogP contribution in [0.1, 0.15) is 32.1 Å². The summed E-state index contributed by atoms with van der Waals surface area (Å²) in [6.07, 6.45) is 5.27. The predicted molar refractivity (Wildman–Crippen MR) is 84.3 cm³/mol. The molecule has 0 aromatic heterocycles. The second-order valence-electron chi connectivity index (χ2n) is 5.66. The zero-order valence-corrected chi connectivity index (χ0v) is 13.0. The molecule has 1 aromatic rings. The van der Waals surface area contributed by atoms with Crippen LogP contribution in [-0.4, -0.2) is 30.3 Å². The maximum absolute atomic E-state index is 12.1. The Kier molecular flexibility index (Phi) is 5.62. The van der Waals surface area contributed by atoms with E-state index in [1.165, 1.54) is 17.7 Å². The monoisotopic (exact) mass is 308 g/mol. The summed E-state index contributed by atoms with van der Waals surface area (Å²) in [6, 6.07) is 6.90. The molecular formula is C16H21ClN2O2. The fraction of sp³-hybridized carbons (Fsp3) is 0.500. The van der Waals surface area contributed by atoms with Gasteiger partial charge in [0.2, 0.25) is 11.8 Å². The van der Waals surface area contributed by atoms with Gasteiger partial charge in [0, 0.05) is 24.2 Å². The van der Waals surface area contributed by atoms with E-state index >= 15 is 0 Å². The first kappa shape index (κ1) is 15.8. The number of benzene rings is 1. The molecule has 1 aromatic carbocycles. The Morgan fingerprint density at radius 1 is 1.24 bits per heavy atom. The van der Waals surface area contributed by atoms with Crippen molar-refractivity contribution in [2.75, 3.05) is 18.9 Å². The minimum absolute atomic E-state index is 0.0492. The van der Waals surface area contributed by atoms with Crippen molar-refractivity contribution in [2.45, 2.75) is 32.1 Å². The van der Waals surface area contributed by atoms with Crippen molar-refractivity contribution in [1.29, 1.82) is 0 Å². The molecule has 1 aliphatic carbocycles. The minimum Gasteiger partial charge on any atom is -0.336 e. The van der Waals surface area contributed by atoms with Gasteiger partial charge in [0.1, 0.15) is 0 Å². The molecular weight excluding hydrogens is 288 g/mol. The van der Waals surface area contributed by atoms with E-state index in [-0.39, 0.29) is 18.4 Å². The number of hydrogen-bond donors (Lipinski definition) is 1. The highest BCUT2D eigenvalue weighted by Gasteiger charge is 2.21. The third-order valence-electron chi connectivity index (χ3n) is 3.87. The van der Waals surface area contributed by atoms with Gasteiger partial charge in [-0.3, -0.25) is 9.59 Å². The molecule has 1 saturated carbocycles. The molecule has 0 aliphatic heterocycles. The molecule has 0 unspecified atom stereocenters. The topological polar surface area (TPSA) is 49.4 Å². The summed E-state index contributed by atoms with van der Waals surface area (Å²) in [5.74, 6) is 0.354. The molecule has 0 atom stereocenters. The Labute approximate surface area is 130 Å². The number of amides is 2. The molecule has 21 heavy (non-hydrogen) atoms. The molecule has 0 spiro atoms. The lowest BCUT2D eigenvalue weighted by Crippen LogP contribution is -2.35. The number of rotatable bonds is 5. The molecule has 114 valence electrons. The highest BCUT2D eigenvalue weighted by molar-refractivity contribution is 6.30. The summed E-state index contributed by atoms with van der Waals surface area (Å²) in [6.45, 7) is 0.0776. The number of nitrogens with one attached hydrogen (secondary N) is 1. The van der Waals surface area contributed by atoms with Crippen LogP contribution < -0.4 is 5.32 Å². The Morgan fingerprint density at radius 3 is 2.48 bits per heavy atom. The molecule has 5 heteroatoms. The predicted octanol–water partition coefficient (Wildman–Crippen LogP) is 3.32. The van der Waals surface area contributed by atoms with Crippen LogP contribution in [0, 0.1) is 5.92 Å². The van der Waals surface area contributed by atoms with Crippen LogP contribution >= 0.6 is 11.6 Å². The highest BCUT2D eigenvalue weighted by atomic mass is 35.5. The molecule has 0 heterocycles. The van der Waals surface area contributed by atoms with Gasteiger partial charge in [-0.15, -0.1) is 0 Å². The maximum atomic E-state index is 12.1. The third-order valence-corrected chi connectivity index (χ3v) is 4.12. The van der Waals surface area contributed by atoms with E-state index in [0.29, 0.717) is 23.0 Å². The Bertz CT molecular complexity index is 496. The Balaban J connectivity index is 1.78. The zero-order chi connectivity index (χ0) is 15.2. The number of hydrogen-bond acceptors (Lipinski definition) is 2. The van der Waals surface area contributed by atoms with Crippen molar-refractivity contribution < 1.29 is 9.59 Å². The summed E-state index contributed by atoms with van der Waals surface area (Å²) in [7, 11) is 1.68. The van der Waals surface area contributed by atoms with Crippen LogP contribution in [-0.2, 0) is 9.59 Å². The average molecular weight is 309 g/mol. The van der Waals surface area contributed by atoms with Crippen molar-refractivity contribution in [1.82, 2.24) is 4.90 Å². The number of likely N-dealkylation sites (N-methyl/N-ethyl adjacent to an activating group) is 1. The van der Waals surface area contributed by atoms with Gasteiger partial charge >= 0.3 is 0 Å². The molecule has 2 amide bonds. The highest BCUT2D eigenvalue weighted by Crippen LogP contribution is 2.27. The van der Waals surface area contributed by atoms with Crippen LogP contribution in [0.5, 0.6) is 0 Å². The standard InChI is InChI=1S/C16H21ClN2O2/c1-19(16(21)10-12-4-2-3-5-12)11-15(20)18-14-8-6-13(17)7-9-14/h6-9,12H,2-5,10-11H2,1H3,(H,18,20). The average Bonchev–Trinajstić information content (AvgIpc) is 2.94. The molecule has 0 saturated heterocycles. The van der Waals surface area contributed by atoms with Crippen molar-refractivity contribution in [3.05, 3.63) is 29.3 Å². The first-order valence-corrected chi connectivity index (χ1v) is 7.72. The molecule has 1 aliphatic rings. The summed E-state index contributed by atoms with van der Waals surface area (Å²) < 4.78 is 0. The van der Waals surface area contributed by atoms with Crippen molar-refractivity contribution in [3.8, 4) is 0 Å². The number of anilines is 1. The minimum atomic E-state index is -0.195. The second kappa shape index (κ2) is 7.46. The van der Waals surface area contributed by atoms with Crippen molar-refractivity contribution in [3.63, 3.8) is 0 Å². The van der Waals surface area contributed by atoms with Crippen LogP contribution in [0.25, 0.3) is 0 Å². The molecule has 0 bridgehead atoms. The molecule has 0 radical (unpaired) electrons. The van der Waals surface area contributed by atoms with E-state index in [1.54, 1.807) is 31.3 Å². The molecule has 4 nitrogen and oxygen atoms in total.